The van der Waals surface area contributed by atoms with Crippen molar-refractivity contribution in [3.05, 3.63) is 94.0 Å². The van der Waals surface area contributed by atoms with Crippen molar-refractivity contribution in [1.82, 2.24) is 5.43 Å². The zero-order valence-corrected chi connectivity index (χ0v) is 16.9. The lowest BCUT2D eigenvalue weighted by Gasteiger charge is -2.09. The molecule has 0 spiro atoms. The topological polar surface area (TPSA) is 59.9 Å². The van der Waals surface area contributed by atoms with E-state index < -0.39 is 5.91 Å². The van der Waals surface area contributed by atoms with Crippen molar-refractivity contribution in [3.8, 4) is 11.5 Å². The van der Waals surface area contributed by atoms with E-state index in [1.54, 1.807) is 18.2 Å². The van der Waals surface area contributed by atoms with E-state index in [-0.39, 0.29) is 11.6 Å². The third kappa shape index (κ3) is 6.24. The number of ether oxygens (including phenoxy) is 2. The Morgan fingerprint density at radius 1 is 0.897 bits per heavy atom. The smallest absolute Gasteiger partial charge is 0.277 e. The van der Waals surface area contributed by atoms with Gasteiger partial charge in [0, 0.05) is 5.56 Å². The maximum Gasteiger partial charge on any atom is 0.277 e. The first-order valence-corrected chi connectivity index (χ1v) is 9.53. The van der Waals surface area contributed by atoms with E-state index in [2.05, 4.69) is 10.5 Å². The second kappa shape index (κ2) is 10.5. The van der Waals surface area contributed by atoms with E-state index in [9.17, 15) is 4.79 Å². The predicted octanol–water partition coefficient (Wildman–Crippen LogP) is 5.10. The van der Waals surface area contributed by atoms with Crippen LogP contribution in [0.1, 0.15) is 11.1 Å². The molecule has 0 heterocycles. The molecule has 0 saturated heterocycles. The van der Waals surface area contributed by atoms with Gasteiger partial charge in [0.1, 0.15) is 23.1 Å². The van der Waals surface area contributed by atoms with Gasteiger partial charge >= 0.3 is 0 Å². The molecule has 3 aromatic rings. The molecule has 5 nitrogen and oxygen atoms in total. The highest BCUT2D eigenvalue weighted by molar-refractivity contribution is 6.42. The molecule has 0 aliphatic carbocycles. The molecule has 3 aromatic carbocycles. The first-order valence-electron chi connectivity index (χ1n) is 8.78. The number of benzene rings is 3. The van der Waals surface area contributed by atoms with Crippen molar-refractivity contribution in [3.63, 3.8) is 0 Å². The van der Waals surface area contributed by atoms with Gasteiger partial charge in [0.25, 0.3) is 5.91 Å². The Balaban J connectivity index is 1.53. The summed E-state index contributed by atoms with van der Waals surface area (Å²) in [7, 11) is 0. The predicted molar refractivity (Wildman–Crippen MR) is 115 cm³/mol. The summed E-state index contributed by atoms with van der Waals surface area (Å²) in [4.78, 5) is 11.9. The van der Waals surface area contributed by atoms with Gasteiger partial charge in [0.05, 0.1) is 11.2 Å². The summed E-state index contributed by atoms with van der Waals surface area (Å²) >= 11 is 11.9. The summed E-state index contributed by atoms with van der Waals surface area (Å²) in [6.07, 6.45) is 1.52. The Hall–Kier alpha value is -3.02. The van der Waals surface area contributed by atoms with E-state index in [1.807, 2.05) is 54.6 Å². The van der Waals surface area contributed by atoms with Gasteiger partial charge in [-0.25, -0.2) is 5.43 Å². The van der Waals surface area contributed by atoms with Crippen LogP contribution in [0.2, 0.25) is 10.0 Å². The van der Waals surface area contributed by atoms with E-state index in [0.717, 1.165) is 11.1 Å². The molecule has 1 N–H and O–H groups in total. The van der Waals surface area contributed by atoms with E-state index >= 15 is 0 Å². The number of hydrazone groups is 1. The number of nitrogens with zero attached hydrogens (tertiary/aromatic N) is 1. The molecule has 7 heteroatoms. The molecule has 0 aliphatic rings. The van der Waals surface area contributed by atoms with Gasteiger partial charge in [-0.3, -0.25) is 4.79 Å². The van der Waals surface area contributed by atoms with E-state index in [1.165, 1.54) is 6.21 Å². The van der Waals surface area contributed by atoms with Gasteiger partial charge in [-0.2, -0.15) is 5.10 Å². The molecule has 0 atom stereocenters. The van der Waals surface area contributed by atoms with Crippen LogP contribution in [0.3, 0.4) is 0 Å². The molecule has 3 rings (SSSR count). The van der Waals surface area contributed by atoms with Crippen LogP contribution in [-0.4, -0.2) is 18.7 Å². The second-order valence-electron chi connectivity index (χ2n) is 5.95. The highest BCUT2D eigenvalue weighted by atomic mass is 35.5. The SMILES string of the molecule is O=C(COc1cccc(Cl)c1Cl)NN=Cc1ccccc1OCc1ccccc1. The summed E-state index contributed by atoms with van der Waals surface area (Å²) < 4.78 is 11.2. The normalized spacial score (nSPS) is 10.7. The van der Waals surface area contributed by atoms with Crippen molar-refractivity contribution in [1.29, 1.82) is 0 Å². The molecule has 0 unspecified atom stereocenters. The van der Waals surface area contributed by atoms with Crippen molar-refractivity contribution in [2.75, 3.05) is 6.61 Å². The highest BCUT2D eigenvalue weighted by Gasteiger charge is 2.08. The number of carbonyl (C=O) groups excluding carboxylic acids is 1. The summed E-state index contributed by atoms with van der Waals surface area (Å²) in [5.41, 5.74) is 4.21. The minimum Gasteiger partial charge on any atom is -0.488 e. The molecule has 1 amide bonds. The van der Waals surface area contributed by atoms with Gasteiger partial charge in [0.2, 0.25) is 0 Å². The Kier molecular flexibility index (Phi) is 7.50. The zero-order chi connectivity index (χ0) is 20.5. The number of hydrogen-bond acceptors (Lipinski definition) is 4. The third-order valence-corrected chi connectivity index (χ3v) is 4.63. The molecule has 0 aliphatic heterocycles. The Morgan fingerprint density at radius 2 is 1.62 bits per heavy atom. The van der Waals surface area contributed by atoms with Gasteiger partial charge in [-0.15, -0.1) is 0 Å². The molecule has 0 saturated carbocycles. The minimum absolute atomic E-state index is 0.246. The number of para-hydroxylation sites is 1. The Bertz CT molecular complexity index is 994. The number of nitrogens with one attached hydrogen (secondary N) is 1. The maximum atomic E-state index is 11.9. The lowest BCUT2D eigenvalue weighted by atomic mass is 10.2. The van der Waals surface area contributed by atoms with Crippen LogP contribution in [0.15, 0.2) is 77.9 Å². The van der Waals surface area contributed by atoms with E-state index in [4.69, 9.17) is 32.7 Å². The second-order valence-corrected chi connectivity index (χ2v) is 6.73. The molecule has 29 heavy (non-hydrogen) atoms. The number of carbonyl (C=O) groups is 1. The molecule has 148 valence electrons. The Morgan fingerprint density at radius 3 is 2.45 bits per heavy atom. The highest BCUT2D eigenvalue weighted by Crippen LogP contribution is 2.31. The van der Waals surface area contributed by atoms with E-state index in [0.29, 0.717) is 23.1 Å². The maximum absolute atomic E-state index is 11.9. The lowest BCUT2D eigenvalue weighted by Crippen LogP contribution is -2.24. The van der Waals surface area contributed by atoms with Crippen molar-refractivity contribution >= 4 is 35.3 Å². The largest absolute Gasteiger partial charge is 0.488 e. The Labute approximate surface area is 178 Å². The average molecular weight is 429 g/mol. The fourth-order valence-corrected chi connectivity index (χ4v) is 2.75. The summed E-state index contributed by atoms with van der Waals surface area (Å²) in [5, 5.41) is 4.58. The standard InChI is InChI=1S/C22H18Cl2N2O3/c23-18-10-6-12-20(22(18)24)29-15-21(27)26-25-13-17-9-4-5-11-19(17)28-14-16-7-2-1-3-8-16/h1-13H,14-15H2,(H,26,27). The van der Waals surface area contributed by atoms with Crippen molar-refractivity contribution in [2.24, 2.45) is 5.10 Å². The number of amides is 1. The van der Waals surface area contributed by atoms with Crippen LogP contribution < -0.4 is 14.9 Å². The van der Waals surface area contributed by atoms with Crippen LogP contribution in [0.4, 0.5) is 0 Å². The van der Waals surface area contributed by atoms with Crippen LogP contribution in [0.5, 0.6) is 11.5 Å². The minimum atomic E-state index is -0.431. The average Bonchev–Trinajstić information content (AvgIpc) is 2.75. The van der Waals surface area contributed by atoms with Gasteiger partial charge in [0.15, 0.2) is 6.61 Å². The number of halogens is 2. The number of hydrogen-bond donors (Lipinski definition) is 1. The fourth-order valence-electron chi connectivity index (χ4n) is 2.40. The first kappa shape index (κ1) is 20.7. The molecule has 0 aromatic heterocycles. The molecule has 0 radical (unpaired) electrons. The van der Waals surface area contributed by atoms with Crippen LogP contribution in [-0.2, 0) is 11.4 Å². The van der Waals surface area contributed by atoms with Crippen LogP contribution in [0.25, 0.3) is 0 Å². The quantitative estimate of drug-likeness (QED) is 0.400. The fraction of sp³-hybridized carbons (Fsp3) is 0.0909. The third-order valence-electron chi connectivity index (χ3n) is 3.82. The summed E-state index contributed by atoms with van der Waals surface area (Å²) in [5.74, 6) is 0.564. The molecular formula is C22H18Cl2N2O3. The van der Waals surface area contributed by atoms with Crippen molar-refractivity contribution in [2.45, 2.75) is 6.61 Å². The first-order chi connectivity index (χ1) is 14.1. The molecular weight excluding hydrogens is 411 g/mol. The van der Waals surface area contributed by atoms with Gasteiger partial charge in [-0.1, -0.05) is 71.7 Å². The van der Waals surface area contributed by atoms with Gasteiger partial charge in [-0.05, 0) is 29.8 Å². The lowest BCUT2D eigenvalue weighted by molar-refractivity contribution is -0.123. The van der Waals surface area contributed by atoms with Crippen LogP contribution in [0, 0.1) is 0 Å². The molecule has 0 fully saturated rings. The summed E-state index contributed by atoms with van der Waals surface area (Å²) in [6.45, 7) is 0.190. The number of rotatable bonds is 8. The monoisotopic (exact) mass is 428 g/mol. The molecule has 0 bridgehead atoms. The zero-order valence-electron chi connectivity index (χ0n) is 15.3. The van der Waals surface area contributed by atoms with Gasteiger partial charge < -0.3 is 9.47 Å². The van der Waals surface area contributed by atoms with Crippen molar-refractivity contribution < 1.29 is 14.3 Å². The van der Waals surface area contributed by atoms with Crippen LogP contribution >= 0.6 is 23.2 Å². The summed E-state index contributed by atoms with van der Waals surface area (Å²) in [6, 6.07) is 22.2.